The third-order valence-electron chi connectivity index (χ3n) is 8.54. The number of carbonyl (C=O) groups excluding carboxylic acids is 2. The molecular formula is C37H74NO8P. The largest absolute Gasteiger partial charge is 0.472 e. The van der Waals surface area contributed by atoms with Crippen molar-refractivity contribution in [1.82, 2.24) is 5.32 Å². The van der Waals surface area contributed by atoms with Gasteiger partial charge in [0, 0.05) is 19.4 Å². The van der Waals surface area contributed by atoms with E-state index in [1.54, 1.807) is 0 Å². The fraction of sp³-hybridized carbons (Fsp3) is 0.946. The Balaban J connectivity index is 3.42. The van der Waals surface area contributed by atoms with E-state index < -0.39 is 26.5 Å². The average Bonchev–Trinajstić information content (AvgIpc) is 3.05. The lowest BCUT2D eigenvalue weighted by Crippen LogP contribution is -2.27. The van der Waals surface area contributed by atoms with Gasteiger partial charge in [-0.1, -0.05) is 168 Å². The molecule has 2 atom stereocenters. The maximum absolute atomic E-state index is 11.9. The summed E-state index contributed by atoms with van der Waals surface area (Å²) in [5, 5.41) is 12.5. The van der Waals surface area contributed by atoms with Crippen LogP contribution in [0.3, 0.4) is 0 Å². The van der Waals surface area contributed by atoms with Crippen molar-refractivity contribution in [1.29, 1.82) is 0 Å². The van der Waals surface area contributed by atoms with Gasteiger partial charge in [0.05, 0.1) is 13.2 Å². The van der Waals surface area contributed by atoms with Crippen LogP contribution in [0.4, 0.5) is 0 Å². The number of aliphatic hydroxyl groups is 1. The molecule has 0 saturated carbocycles. The van der Waals surface area contributed by atoms with Gasteiger partial charge in [-0.3, -0.25) is 18.6 Å². The fourth-order valence-electron chi connectivity index (χ4n) is 5.54. The molecule has 47 heavy (non-hydrogen) atoms. The minimum atomic E-state index is -4.38. The van der Waals surface area contributed by atoms with E-state index in [-0.39, 0.29) is 25.7 Å². The molecule has 0 radical (unpaired) electrons. The summed E-state index contributed by atoms with van der Waals surface area (Å²) in [7, 11) is -4.38. The van der Waals surface area contributed by atoms with E-state index in [4.69, 9.17) is 13.8 Å². The Morgan fingerprint density at radius 1 is 0.574 bits per heavy atom. The van der Waals surface area contributed by atoms with E-state index in [1.165, 1.54) is 135 Å². The summed E-state index contributed by atoms with van der Waals surface area (Å²) in [6.45, 7) is 3.32. The first-order chi connectivity index (χ1) is 22.8. The molecule has 0 aromatic heterocycles. The van der Waals surface area contributed by atoms with Gasteiger partial charge in [-0.2, -0.15) is 0 Å². The van der Waals surface area contributed by atoms with Gasteiger partial charge < -0.3 is 20.1 Å². The number of carbonyl (C=O) groups is 2. The molecule has 0 aromatic rings. The van der Waals surface area contributed by atoms with E-state index in [0.717, 1.165) is 32.1 Å². The number of hydrogen-bond donors (Lipinski definition) is 3. The quantitative estimate of drug-likeness (QED) is 0.0333. The molecule has 0 fully saturated rings. The lowest BCUT2D eigenvalue weighted by atomic mass is 10.0. The van der Waals surface area contributed by atoms with Gasteiger partial charge in [0.2, 0.25) is 5.91 Å². The van der Waals surface area contributed by atoms with Crippen molar-refractivity contribution < 1.29 is 37.9 Å². The highest BCUT2D eigenvalue weighted by Gasteiger charge is 2.23. The molecule has 0 aliphatic carbocycles. The van der Waals surface area contributed by atoms with Crippen LogP contribution < -0.4 is 5.32 Å². The summed E-state index contributed by atoms with van der Waals surface area (Å²) in [4.78, 5) is 33.1. The molecule has 10 heteroatoms. The first kappa shape index (κ1) is 46.0. The molecule has 0 bridgehead atoms. The Morgan fingerprint density at radius 3 is 1.40 bits per heavy atom. The molecule has 0 heterocycles. The number of amides is 1. The molecule has 1 amide bonds. The summed E-state index contributed by atoms with van der Waals surface area (Å²) in [5.41, 5.74) is 0. The average molecular weight is 692 g/mol. The lowest BCUT2D eigenvalue weighted by Gasteiger charge is -2.15. The predicted molar refractivity (Wildman–Crippen MR) is 192 cm³/mol. The minimum Gasteiger partial charge on any atom is -0.463 e. The molecule has 0 aromatic carbocycles. The molecule has 2 unspecified atom stereocenters. The maximum atomic E-state index is 11.9. The number of esters is 1. The third kappa shape index (κ3) is 36.1. The first-order valence-corrected chi connectivity index (χ1v) is 21.0. The molecule has 0 saturated heterocycles. The van der Waals surface area contributed by atoms with E-state index >= 15 is 0 Å². The van der Waals surface area contributed by atoms with E-state index in [2.05, 4.69) is 12.2 Å². The molecule has 0 aliphatic heterocycles. The Morgan fingerprint density at radius 2 is 0.979 bits per heavy atom. The number of rotatable bonds is 37. The smallest absolute Gasteiger partial charge is 0.463 e. The fourth-order valence-corrected chi connectivity index (χ4v) is 6.29. The molecule has 9 nitrogen and oxygen atoms in total. The summed E-state index contributed by atoms with van der Waals surface area (Å²) in [6.07, 6.45) is 33.0. The van der Waals surface area contributed by atoms with Gasteiger partial charge in [-0.05, 0) is 12.8 Å². The number of nitrogens with one attached hydrogen (secondary N) is 1. The Hall–Kier alpha value is -0.990. The number of aliphatic hydroxyl groups excluding tert-OH is 1. The highest BCUT2D eigenvalue weighted by Crippen LogP contribution is 2.42. The van der Waals surface area contributed by atoms with E-state index in [1.807, 2.05) is 6.92 Å². The summed E-state index contributed by atoms with van der Waals surface area (Å²) >= 11 is 0. The van der Waals surface area contributed by atoms with Crippen molar-refractivity contribution in [3.05, 3.63) is 0 Å². The van der Waals surface area contributed by atoms with Gasteiger partial charge in [-0.15, -0.1) is 0 Å². The normalized spacial score (nSPS) is 13.4. The molecular weight excluding hydrogens is 617 g/mol. The van der Waals surface area contributed by atoms with Crippen LogP contribution in [0.15, 0.2) is 0 Å². The topological polar surface area (TPSA) is 131 Å². The lowest BCUT2D eigenvalue weighted by molar-refractivity contribution is -0.147. The van der Waals surface area contributed by atoms with Gasteiger partial charge >= 0.3 is 13.8 Å². The zero-order valence-electron chi connectivity index (χ0n) is 30.5. The van der Waals surface area contributed by atoms with Crippen LogP contribution in [0.2, 0.25) is 0 Å². The highest BCUT2D eigenvalue weighted by atomic mass is 31.2. The third-order valence-corrected chi connectivity index (χ3v) is 9.52. The number of phosphoric ester groups is 1. The molecule has 0 rings (SSSR count). The van der Waals surface area contributed by atoms with Crippen molar-refractivity contribution in [3.8, 4) is 0 Å². The summed E-state index contributed by atoms with van der Waals surface area (Å²) < 4.78 is 26.4. The zero-order valence-corrected chi connectivity index (χ0v) is 31.4. The SMILES string of the molecule is CCCCCCCCCCCCCCCCCCCCCCCCCCC(=O)OCC(O)COP(=O)(O)OCCNC(=O)CCCC. The van der Waals surface area contributed by atoms with Crippen LogP contribution in [0.1, 0.15) is 194 Å². The monoisotopic (exact) mass is 692 g/mol. The number of phosphoric acid groups is 1. The number of hydrogen-bond acceptors (Lipinski definition) is 7. The van der Waals surface area contributed by atoms with Crippen LogP contribution in [0.5, 0.6) is 0 Å². The maximum Gasteiger partial charge on any atom is 0.472 e. The Bertz CT molecular complexity index is 754. The molecule has 3 N–H and O–H groups in total. The van der Waals surface area contributed by atoms with Gasteiger partial charge in [0.25, 0.3) is 0 Å². The van der Waals surface area contributed by atoms with E-state index in [9.17, 15) is 24.2 Å². The van der Waals surface area contributed by atoms with Crippen molar-refractivity contribution >= 4 is 19.7 Å². The van der Waals surface area contributed by atoms with Crippen LogP contribution in [0, 0.1) is 0 Å². The number of ether oxygens (including phenoxy) is 1. The molecule has 0 spiro atoms. The highest BCUT2D eigenvalue weighted by molar-refractivity contribution is 7.47. The second kappa shape index (κ2) is 34.9. The van der Waals surface area contributed by atoms with Crippen molar-refractivity contribution in [2.75, 3.05) is 26.4 Å². The Labute approximate surface area is 288 Å². The summed E-state index contributed by atoms with van der Waals surface area (Å²) in [6, 6.07) is 0. The first-order valence-electron chi connectivity index (χ1n) is 19.5. The predicted octanol–water partition coefficient (Wildman–Crippen LogP) is 10.1. The summed E-state index contributed by atoms with van der Waals surface area (Å²) in [5.74, 6) is -0.544. The van der Waals surface area contributed by atoms with E-state index in [0.29, 0.717) is 12.8 Å². The van der Waals surface area contributed by atoms with Crippen molar-refractivity contribution in [2.24, 2.45) is 0 Å². The van der Waals surface area contributed by atoms with Crippen LogP contribution >= 0.6 is 7.82 Å². The van der Waals surface area contributed by atoms with Crippen LogP contribution in [-0.2, 0) is 27.9 Å². The van der Waals surface area contributed by atoms with Crippen LogP contribution in [0.25, 0.3) is 0 Å². The van der Waals surface area contributed by atoms with Gasteiger partial charge in [0.15, 0.2) is 0 Å². The zero-order chi connectivity index (χ0) is 34.7. The number of unbranched alkanes of at least 4 members (excludes halogenated alkanes) is 24. The van der Waals surface area contributed by atoms with Crippen LogP contribution in [-0.4, -0.2) is 54.3 Å². The molecule has 280 valence electrons. The Kier molecular flexibility index (Phi) is 34.1. The molecule has 0 aliphatic rings. The van der Waals surface area contributed by atoms with Gasteiger partial charge in [0.1, 0.15) is 12.7 Å². The standard InChI is InChI=1S/C37H74NO8P/c1-3-5-7-8-9-10-11-12-13-14-15-16-17-18-19-20-21-22-23-24-25-26-27-28-30-37(41)44-33-35(39)34-46-47(42,43)45-32-31-38-36(40)29-6-4-2/h35,39H,3-34H2,1-2H3,(H,38,40)(H,42,43). The second-order valence-corrected chi connectivity index (χ2v) is 14.7. The van der Waals surface area contributed by atoms with Crippen molar-refractivity contribution in [3.63, 3.8) is 0 Å². The minimum absolute atomic E-state index is 0.0796. The van der Waals surface area contributed by atoms with Gasteiger partial charge in [-0.25, -0.2) is 4.57 Å². The second-order valence-electron chi connectivity index (χ2n) is 13.3. The van der Waals surface area contributed by atoms with Crippen molar-refractivity contribution in [2.45, 2.75) is 200 Å².